The van der Waals surface area contributed by atoms with Crippen LogP contribution < -0.4 is 0 Å². The van der Waals surface area contributed by atoms with Crippen LogP contribution in [0.15, 0.2) is 24.4 Å². The van der Waals surface area contributed by atoms with Gasteiger partial charge in [-0.2, -0.15) is 0 Å². The Hall–Kier alpha value is -1.36. The molecule has 15 heavy (non-hydrogen) atoms. The lowest BCUT2D eigenvalue weighted by molar-refractivity contribution is 0.577. The predicted molar refractivity (Wildman–Crippen MR) is 57.2 cm³/mol. The van der Waals surface area contributed by atoms with Crippen LogP contribution >= 0.6 is 0 Å². The van der Waals surface area contributed by atoms with Crippen LogP contribution in [0.1, 0.15) is 5.69 Å². The lowest BCUT2D eigenvalue weighted by atomic mass is 10.4. The molecule has 0 spiro atoms. The Kier molecular flexibility index (Phi) is 1.68. The fourth-order valence-electron chi connectivity index (χ4n) is 2.05. The van der Waals surface area contributed by atoms with Crippen molar-refractivity contribution in [2.75, 3.05) is 5.75 Å². The zero-order valence-electron chi connectivity index (χ0n) is 8.05. The van der Waals surface area contributed by atoms with Crippen molar-refractivity contribution >= 4 is 20.9 Å². The molecule has 1 aliphatic heterocycles. The molecule has 0 N–H and O–H groups in total. The van der Waals surface area contributed by atoms with Crippen LogP contribution in [0.2, 0.25) is 0 Å². The molecule has 1 aliphatic rings. The Labute approximate surface area is 87.5 Å². The van der Waals surface area contributed by atoms with Gasteiger partial charge in [0.25, 0.3) is 0 Å². The topological polar surface area (TPSA) is 52.0 Å². The van der Waals surface area contributed by atoms with E-state index in [4.69, 9.17) is 0 Å². The highest BCUT2D eigenvalue weighted by Gasteiger charge is 2.22. The minimum absolute atomic E-state index is 0.142. The van der Waals surface area contributed by atoms with Gasteiger partial charge in [0.05, 0.1) is 22.5 Å². The number of sulfone groups is 1. The van der Waals surface area contributed by atoms with E-state index in [-0.39, 0.29) is 11.5 Å². The van der Waals surface area contributed by atoms with Crippen molar-refractivity contribution in [1.29, 1.82) is 0 Å². The molecule has 2 aromatic heterocycles. The molecule has 78 valence electrons. The van der Waals surface area contributed by atoms with Gasteiger partial charge in [0.1, 0.15) is 0 Å². The highest BCUT2D eigenvalue weighted by molar-refractivity contribution is 7.90. The average molecular weight is 222 g/mol. The van der Waals surface area contributed by atoms with Crippen molar-refractivity contribution in [2.24, 2.45) is 0 Å². The van der Waals surface area contributed by atoms with Crippen LogP contribution in [-0.4, -0.2) is 23.7 Å². The minimum Gasteiger partial charge on any atom is -0.341 e. The molecule has 3 rings (SSSR count). The van der Waals surface area contributed by atoms with Crippen LogP contribution in [-0.2, 0) is 22.1 Å². The molecule has 0 radical (unpaired) electrons. The van der Waals surface area contributed by atoms with Crippen LogP contribution in [0.5, 0.6) is 0 Å². The summed E-state index contributed by atoms with van der Waals surface area (Å²) in [5, 5.41) is 0. The molecule has 0 saturated heterocycles. The van der Waals surface area contributed by atoms with Gasteiger partial charge in [0, 0.05) is 18.4 Å². The van der Waals surface area contributed by atoms with Crippen molar-refractivity contribution in [3.63, 3.8) is 0 Å². The van der Waals surface area contributed by atoms with Crippen LogP contribution in [0.25, 0.3) is 11.0 Å². The number of pyridine rings is 1. The fourth-order valence-corrected chi connectivity index (χ4v) is 3.35. The number of nitrogens with zero attached hydrogens (tertiary/aromatic N) is 2. The molecule has 0 aliphatic carbocycles. The number of aromatic nitrogens is 2. The zero-order chi connectivity index (χ0) is 10.5. The first kappa shape index (κ1) is 8.91. The second-order valence-electron chi connectivity index (χ2n) is 3.79. The van der Waals surface area contributed by atoms with Gasteiger partial charge in [-0.05, 0) is 18.2 Å². The molecular weight excluding hydrogens is 212 g/mol. The third kappa shape index (κ3) is 1.34. The number of aryl methyl sites for hydroxylation is 1. The maximum Gasteiger partial charge on any atom is 0.157 e. The summed E-state index contributed by atoms with van der Waals surface area (Å²) in [6, 6.07) is 5.72. The molecule has 0 saturated carbocycles. The standard InChI is InChI=1S/C10H10N2O2S/c13-15(14)5-4-12-8(7-15)6-9-10(12)2-1-3-11-9/h1-3,6H,4-5,7H2. The van der Waals surface area contributed by atoms with Gasteiger partial charge in [-0.3, -0.25) is 4.98 Å². The smallest absolute Gasteiger partial charge is 0.157 e. The third-order valence-corrected chi connectivity index (χ3v) is 4.29. The first-order chi connectivity index (χ1) is 7.16. The van der Waals surface area contributed by atoms with Crippen LogP contribution in [0.4, 0.5) is 0 Å². The van der Waals surface area contributed by atoms with Gasteiger partial charge in [-0.1, -0.05) is 0 Å². The van der Waals surface area contributed by atoms with E-state index in [1.807, 2.05) is 22.8 Å². The lowest BCUT2D eigenvalue weighted by Crippen LogP contribution is -2.23. The van der Waals surface area contributed by atoms with Gasteiger partial charge in [-0.25, -0.2) is 8.42 Å². The highest BCUT2D eigenvalue weighted by atomic mass is 32.2. The summed E-state index contributed by atoms with van der Waals surface area (Å²) < 4.78 is 25.0. The van der Waals surface area contributed by atoms with Crippen LogP contribution in [0, 0.1) is 0 Å². The molecule has 0 unspecified atom stereocenters. The zero-order valence-corrected chi connectivity index (χ0v) is 8.87. The third-order valence-electron chi connectivity index (χ3n) is 2.75. The molecule has 5 heteroatoms. The van der Waals surface area contributed by atoms with Gasteiger partial charge in [0.15, 0.2) is 9.84 Å². The molecule has 3 heterocycles. The summed E-state index contributed by atoms with van der Waals surface area (Å²) >= 11 is 0. The number of hydrogen-bond donors (Lipinski definition) is 0. The monoisotopic (exact) mass is 222 g/mol. The number of hydrogen-bond acceptors (Lipinski definition) is 3. The Morgan fingerprint density at radius 1 is 1.40 bits per heavy atom. The Bertz CT molecular complexity index is 628. The summed E-state index contributed by atoms with van der Waals surface area (Å²) in [7, 11) is -2.89. The van der Waals surface area contributed by atoms with E-state index < -0.39 is 9.84 Å². The Balaban J connectivity index is 2.29. The number of fused-ring (bicyclic) bond motifs is 3. The summed E-state index contributed by atoms with van der Waals surface area (Å²) in [5.74, 6) is 0.377. The van der Waals surface area contributed by atoms with Crippen molar-refractivity contribution in [3.8, 4) is 0 Å². The summed E-state index contributed by atoms with van der Waals surface area (Å²) in [5.41, 5.74) is 2.77. The Morgan fingerprint density at radius 2 is 2.27 bits per heavy atom. The second kappa shape index (κ2) is 2.82. The first-order valence-electron chi connectivity index (χ1n) is 4.79. The summed E-state index contributed by atoms with van der Waals surface area (Å²) in [6.45, 7) is 0.548. The normalized spacial score (nSPS) is 18.9. The number of rotatable bonds is 0. The minimum atomic E-state index is -2.89. The van der Waals surface area contributed by atoms with E-state index in [1.165, 1.54) is 0 Å². The van der Waals surface area contributed by atoms with Crippen LogP contribution in [0.3, 0.4) is 0 Å². The van der Waals surface area contributed by atoms with Gasteiger partial charge >= 0.3 is 0 Å². The first-order valence-corrected chi connectivity index (χ1v) is 6.61. The molecule has 0 aromatic carbocycles. The second-order valence-corrected chi connectivity index (χ2v) is 5.97. The molecule has 2 aromatic rings. The van der Waals surface area contributed by atoms with Crippen molar-refractivity contribution in [2.45, 2.75) is 12.3 Å². The van der Waals surface area contributed by atoms with Gasteiger partial charge < -0.3 is 4.57 Å². The predicted octanol–water partition coefficient (Wildman–Crippen LogP) is 0.965. The molecule has 0 fully saturated rings. The van der Waals surface area contributed by atoms with Crippen molar-refractivity contribution in [3.05, 3.63) is 30.1 Å². The largest absolute Gasteiger partial charge is 0.341 e. The summed E-state index contributed by atoms with van der Waals surface area (Å²) in [6.07, 6.45) is 1.73. The molecular formula is C10H10N2O2S. The van der Waals surface area contributed by atoms with E-state index in [1.54, 1.807) is 6.20 Å². The van der Waals surface area contributed by atoms with E-state index >= 15 is 0 Å². The average Bonchev–Trinajstić information content (AvgIpc) is 2.52. The van der Waals surface area contributed by atoms with E-state index in [9.17, 15) is 8.42 Å². The molecule has 4 nitrogen and oxygen atoms in total. The Morgan fingerprint density at radius 3 is 3.13 bits per heavy atom. The lowest BCUT2D eigenvalue weighted by Gasteiger charge is -2.16. The van der Waals surface area contributed by atoms with Gasteiger partial charge in [0.2, 0.25) is 0 Å². The summed E-state index contributed by atoms with van der Waals surface area (Å²) in [4.78, 5) is 4.22. The molecule has 0 bridgehead atoms. The molecule has 0 atom stereocenters. The van der Waals surface area contributed by atoms with E-state index in [0.717, 1.165) is 16.7 Å². The van der Waals surface area contributed by atoms with E-state index in [0.29, 0.717) is 6.54 Å². The molecule has 0 amide bonds. The van der Waals surface area contributed by atoms with E-state index in [2.05, 4.69) is 4.98 Å². The highest BCUT2D eigenvalue weighted by Crippen LogP contribution is 2.23. The van der Waals surface area contributed by atoms with Crippen molar-refractivity contribution in [1.82, 2.24) is 9.55 Å². The van der Waals surface area contributed by atoms with Crippen molar-refractivity contribution < 1.29 is 8.42 Å². The maximum absolute atomic E-state index is 11.5. The maximum atomic E-state index is 11.5. The SMILES string of the molecule is O=S1(=O)CCn2c(cc3ncccc32)C1. The van der Waals surface area contributed by atoms with Gasteiger partial charge in [-0.15, -0.1) is 0 Å². The fraction of sp³-hybridized carbons (Fsp3) is 0.300. The quantitative estimate of drug-likeness (QED) is 0.667.